The zero-order chi connectivity index (χ0) is 18.3. The van der Waals surface area contributed by atoms with Crippen LogP contribution in [0.4, 0.5) is 15.8 Å². The summed E-state index contributed by atoms with van der Waals surface area (Å²) in [6.45, 7) is 3.80. The van der Waals surface area contributed by atoms with Crippen molar-refractivity contribution in [2.45, 2.75) is 13.8 Å². The normalized spacial score (nSPS) is 12.5. The van der Waals surface area contributed by atoms with Crippen LogP contribution in [0.15, 0.2) is 72.5 Å². The molecule has 3 aromatic rings. The summed E-state index contributed by atoms with van der Waals surface area (Å²) in [5, 5.41) is 0. The summed E-state index contributed by atoms with van der Waals surface area (Å²) in [5.41, 5.74) is 6.34. The van der Waals surface area contributed by atoms with Gasteiger partial charge in [0.25, 0.3) is 0 Å². The average Bonchev–Trinajstić information content (AvgIpc) is 2.61. The minimum Gasteiger partial charge on any atom is -0.461 e. The van der Waals surface area contributed by atoms with Gasteiger partial charge in [-0.3, -0.25) is 0 Å². The number of benzene rings is 3. The van der Waals surface area contributed by atoms with Crippen LogP contribution in [0.2, 0.25) is 0 Å². The van der Waals surface area contributed by atoms with E-state index in [-0.39, 0.29) is 5.82 Å². The molecule has 2 nitrogen and oxygen atoms in total. The van der Waals surface area contributed by atoms with E-state index in [0.29, 0.717) is 5.75 Å². The Kier molecular flexibility index (Phi) is 4.00. The molecule has 0 amide bonds. The van der Waals surface area contributed by atoms with E-state index >= 15 is 0 Å². The van der Waals surface area contributed by atoms with E-state index in [1.165, 1.54) is 12.1 Å². The van der Waals surface area contributed by atoms with Gasteiger partial charge in [0.05, 0.1) is 0 Å². The Morgan fingerprint density at radius 2 is 1.46 bits per heavy atom. The fraction of sp³-hybridized carbons (Fsp3) is 0.130. The van der Waals surface area contributed by atoms with Crippen molar-refractivity contribution in [1.29, 1.82) is 0 Å². The van der Waals surface area contributed by atoms with E-state index in [4.69, 9.17) is 4.74 Å². The molecule has 0 aliphatic carbocycles. The standard InChI is InChI=1S/C23H20FNO/c1-15-12-17(24)14-18(13-15)26-16(2)23-19-8-4-6-10-21(19)25(3)22-11-7-5-9-20(22)23/h4-14H,1-3H3. The van der Waals surface area contributed by atoms with Gasteiger partial charge in [-0.15, -0.1) is 0 Å². The monoisotopic (exact) mass is 345 g/mol. The summed E-state index contributed by atoms with van der Waals surface area (Å²) >= 11 is 0. The van der Waals surface area contributed by atoms with E-state index in [9.17, 15) is 4.39 Å². The number of aryl methyl sites for hydroxylation is 1. The molecular formula is C23H20FNO. The third-order valence-electron chi connectivity index (χ3n) is 4.71. The number of hydrogen-bond acceptors (Lipinski definition) is 2. The van der Waals surface area contributed by atoms with Crippen molar-refractivity contribution >= 4 is 16.9 Å². The number of halogens is 1. The van der Waals surface area contributed by atoms with E-state index < -0.39 is 0 Å². The number of fused-ring (bicyclic) bond motifs is 2. The number of hydrogen-bond donors (Lipinski definition) is 0. The molecule has 0 atom stereocenters. The second-order valence-corrected chi connectivity index (χ2v) is 6.59. The lowest BCUT2D eigenvalue weighted by molar-refractivity contribution is 0.426. The second kappa shape index (κ2) is 6.34. The van der Waals surface area contributed by atoms with Crippen molar-refractivity contribution in [2.24, 2.45) is 0 Å². The highest BCUT2D eigenvalue weighted by atomic mass is 19.1. The van der Waals surface area contributed by atoms with Crippen LogP contribution in [-0.4, -0.2) is 7.05 Å². The molecule has 0 fully saturated rings. The molecule has 1 aliphatic rings. The van der Waals surface area contributed by atoms with Gasteiger partial charge in [0, 0.05) is 41.2 Å². The Hall–Kier alpha value is -3.07. The smallest absolute Gasteiger partial charge is 0.130 e. The number of para-hydroxylation sites is 2. The molecule has 0 bridgehead atoms. The predicted molar refractivity (Wildman–Crippen MR) is 104 cm³/mol. The molecule has 1 aliphatic heterocycles. The van der Waals surface area contributed by atoms with Crippen LogP contribution in [0.25, 0.3) is 5.57 Å². The summed E-state index contributed by atoms with van der Waals surface area (Å²) < 4.78 is 19.8. The van der Waals surface area contributed by atoms with E-state index in [2.05, 4.69) is 36.2 Å². The second-order valence-electron chi connectivity index (χ2n) is 6.59. The zero-order valence-corrected chi connectivity index (χ0v) is 15.1. The highest BCUT2D eigenvalue weighted by Crippen LogP contribution is 2.45. The topological polar surface area (TPSA) is 12.5 Å². The molecule has 0 N–H and O–H groups in total. The molecule has 0 unspecified atom stereocenters. The highest BCUT2D eigenvalue weighted by molar-refractivity contribution is 5.98. The minimum atomic E-state index is -0.290. The van der Waals surface area contributed by atoms with Crippen LogP contribution < -0.4 is 9.64 Å². The third kappa shape index (κ3) is 2.76. The molecule has 3 aromatic carbocycles. The van der Waals surface area contributed by atoms with Crippen molar-refractivity contribution < 1.29 is 9.13 Å². The SMILES string of the molecule is CC(Oc1cc(C)cc(F)c1)=C1c2ccccc2N(C)c2ccccc21. The molecule has 3 heteroatoms. The van der Waals surface area contributed by atoms with Crippen LogP contribution in [0, 0.1) is 12.7 Å². The third-order valence-corrected chi connectivity index (χ3v) is 4.71. The Bertz CT molecular complexity index is 952. The number of nitrogens with zero attached hydrogens (tertiary/aromatic N) is 1. The molecule has 0 aromatic heterocycles. The van der Waals surface area contributed by atoms with Crippen LogP contribution in [0.3, 0.4) is 0 Å². The Morgan fingerprint density at radius 3 is 2.04 bits per heavy atom. The van der Waals surface area contributed by atoms with Gasteiger partial charge in [0.1, 0.15) is 17.3 Å². The number of ether oxygens (including phenoxy) is 1. The number of anilines is 2. The molecule has 1 heterocycles. The maximum atomic E-state index is 13.7. The predicted octanol–water partition coefficient (Wildman–Crippen LogP) is 6.07. The largest absolute Gasteiger partial charge is 0.461 e. The van der Waals surface area contributed by atoms with Crippen LogP contribution in [-0.2, 0) is 0 Å². The van der Waals surface area contributed by atoms with E-state index in [0.717, 1.165) is 39.4 Å². The van der Waals surface area contributed by atoms with Gasteiger partial charge in [-0.1, -0.05) is 36.4 Å². The van der Waals surface area contributed by atoms with Gasteiger partial charge in [-0.2, -0.15) is 0 Å². The number of rotatable bonds is 2. The molecule has 4 rings (SSSR count). The van der Waals surface area contributed by atoms with Crippen molar-refractivity contribution in [1.82, 2.24) is 0 Å². The van der Waals surface area contributed by atoms with Gasteiger partial charge >= 0.3 is 0 Å². The first-order valence-electron chi connectivity index (χ1n) is 8.63. The molecular weight excluding hydrogens is 325 g/mol. The molecule has 0 saturated heterocycles. The lowest BCUT2D eigenvalue weighted by atomic mass is 9.89. The molecule has 26 heavy (non-hydrogen) atoms. The summed E-state index contributed by atoms with van der Waals surface area (Å²) in [7, 11) is 2.07. The summed E-state index contributed by atoms with van der Waals surface area (Å²) in [4.78, 5) is 2.19. The Labute approximate surface area is 153 Å². The van der Waals surface area contributed by atoms with Gasteiger partial charge in [0.2, 0.25) is 0 Å². The summed E-state index contributed by atoms with van der Waals surface area (Å²) in [6.07, 6.45) is 0. The lowest BCUT2D eigenvalue weighted by Crippen LogP contribution is -2.19. The minimum absolute atomic E-state index is 0.290. The maximum Gasteiger partial charge on any atom is 0.130 e. The molecule has 0 saturated carbocycles. The van der Waals surface area contributed by atoms with Crippen molar-refractivity contribution in [2.75, 3.05) is 11.9 Å². The fourth-order valence-electron chi connectivity index (χ4n) is 3.60. The van der Waals surface area contributed by atoms with Crippen molar-refractivity contribution in [3.05, 3.63) is 95.0 Å². The van der Waals surface area contributed by atoms with Crippen LogP contribution in [0.5, 0.6) is 5.75 Å². The first kappa shape index (κ1) is 16.4. The van der Waals surface area contributed by atoms with E-state index in [1.54, 1.807) is 0 Å². The van der Waals surface area contributed by atoms with Crippen LogP contribution >= 0.6 is 0 Å². The molecule has 130 valence electrons. The van der Waals surface area contributed by atoms with Gasteiger partial charge < -0.3 is 9.64 Å². The first-order chi connectivity index (χ1) is 12.5. The van der Waals surface area contributed by atoms with Crippen molar-refractivity contribution in [3.8, 4) is 5.75 Å². The lowest BCUT2D eigenvalue weighted by Gasteiger charge is -2.32. The number of allylic oxidation sites excluding steroid dienone is 1. The van der Waals surface area contributed by atoms with Crippen molar-refractivity contribution in [3.63, 3.8) is 0 Å². The quantitative estimate of drug-likeness (QED) is 0.522. The average molecular weight is 345 g/mol. The first-order valence-corrected chi connectivity index (χ1v) is 8.63. The highest BCUT2D eigenvalue weighted by Gasteiger charge is 2.25. The maximum absolute atomic E-state index is 13.7. The zero-order valence-electron chi connectivity index (χ0n) is 15.1. The van der Waals surface area contributed by atoms with Gasteiger partial charge in [-0.25, -0.2) is 4.39 Å². The van der Waals surface area contributed by atoms with Gasteiger partial charge in [-0.05, 0) is 43.7 Å². The molecule has 0 spiro atoms. The molecule has 0 radical (unpaired) electrons. The Morgan fingerprint density at radius 1 is 0.885 bits per heavy atom. The summed E-state index contributed by atoms with van der Waals surface area (Å²) in [5.74, 6) is 0.978. The van der Waals surface area contributed by atoms with Crippen LogP contribution in [0.1, 0.15) is 23.6 Å². The Balaban J connectivity index is 1.89. The van der Waals surface area contributed by atoms with Gasteiger partial charge in [0.15, 0.2) is 0 Å². The summed E-state index contributed by atoms with van der Waals surface area (Å²) in [6, 6.07) is 21.3. The fourth-order valence-corrected chi connectivity index (χ4v) is 3.60. The van der Waals surface area contributed by atoms with E-state index in [1.807, 2.05) is 44.2 Å².